The van der Waals surface area contributed by atoms with Gasteiger partial charge in [-0.2, -0.15) is 5.10 Å². The van der Waals surface area contributed by atoms with Gasteiger partial charge in [0.2, 0.25) is 17.7 Å². The molecule has 0 radical (unpaired) electrons. The number of rotatable bonds is 13. The lowest BCUT2D eigenvalue weighted by Gasteiger charge is -2.43. The molecule has 2 aromatic rings. The van der Waals surface area contributed by atoms with Crippen LogP contribution in [-0.4, -0.2) is 81.3 Å². The van der Waals surface area contributed by atoms with E-state index in [0.717, 1.165) is 45.2 Å². The van der Waals surface area contributed by atoms with E-state index in [4.69, 9.17) is 0 Å². The fraction of sp³-hybridized carbons (Fsp3) is 0.629. The van der Waals surface area contributed by atoms with Crippen molar-refractivity contribution in [2.75, 3.05) is 31.5 Å². The van der Waals surface area contributed by atoms with Crippen molar-refractivity contribution in [3.8, 4) is 0 Å². The van der Waals surface area contributed by atoms with Crippen LogP contribution in [0.15, 0.2) is 30.5 Å². The number of amides is 3. The van der Waals surface area contributed by atoms with Crippen molar-refractivity contribution in [3.63, 3.8) is 0 Å². The summed E-state index contributed by atoms with van der Waals surface area (Å²) in [6, 6.07) is 6.01. The van der Waals surface area contributed by atoms with Gasteiger partial charge in [0, 0.05) is 70.1 Å². The Labute approximate surface area is 271 Å². The number of piperazine rings is 1. The Balaban J connectivity index is 1.25. The quantitative estimate of drug-likeness (QED) is 0.311. The molecular weight excluding hydrogens is 587 g/mol. The molecule has 0 unspecified atom stereocenters. The second kappa shape index (κ2) is 15.8. The Bertz CT molecular complexity index is 1380. The lowest BCUT2D eigenvalue weighted by atomic mass is 9.77. The Hall–Kier alpha value is -3.60. The molecule has 10 nitrogen and oxygen atoms in total. The average Bonchev–Trinajstić information content (AvgIpc) is 3.53. The Morgan fingerprint density at radius 1 is 0.957 bits per heavy atom. The van der Waals surface area contributed by atoms with Crippen LogP contribution in [0.4, 0.5) is 10.1 Å². The number of carbonyl (C=O) groups excluding carboxylic acids is 4. The molecule has 3 aliphatic rings. The van der Waals surface area contributed by atoms with E-state index in [1.807, 2.05) is 6.92 Å². The molecule has 3 amide bonds. The molecule has 1 aromatic carbocycles. The zero-order valence-electron chi connectivity index (χ0n) is 27.3. The minimum atomic E-state index is -0.805. The van der Waals surface area contributed by atoms with Gasteiger partial charge in [-0.05, 0) is 62.3 Å². The van der Waals surface area contributed by atoms with Crippen LogP contribution >= 0.6 is 0 Å². The first kappa shape index (κ1) is 33.8. The predicted octanol–water partition coefficient (Wildman–Crippen LogP) is 4.58. The molecule has 3 fully saturated rings. The number of Topliss-reactive ketones (excluding diaryl/α,β-unsaturated/α-hetero) is 1. The van der Waals surface area contributed by atoms with Gasteiger partial charge in [-0.1, -0.05) is 38.7 Å². The standard InChI is InChI=1S/C35H49FN6O4/c1-3-33(44)38-30(35(46)41-19-17-40(18-20-41)26-11-8-12-26)22-24-13-14-29(28(36)21-24)39-34(45)27(25-9-6-5-7-10-25)23-32(43)31-15-16-37-42(31)4-2/h13-16,21,25-27,30H,3-12,17-20,22-23H2,1-2H3,(H,38,44)(H,39,45)/t27-,30+/m0/s1. The molecule has 2 heterocycles. The minimum Gasteiger partial charge on any atom is -0.344 e. The first-order chi connectivity index (χ1) is 22.3. The van der Waals surface area contributed by atoms with Crippen molar-refractivity contribution in [1.29, 1.82) is 0 Å². The molecule has 2 aliphatic carbocycles. The molecule has 2 saturated carbocycles. The van der Waals surface area contributed by atoms with E-state index in [1.165, 1.54) is 31.4 Å². The number of nitrogens with zero attached hydrogens (tertiary/aromatic N) is 4. The summed E-state index contributed by atoms with van der Waals surface area (Å²) in [4.78, 5) is 57.1. The number of benzene rings is 1. The van der Waals surface area contributed by atoms with E-state index in [1.54, 1.807) is 34.8 Å². The van der Waals surface area contributed by atoms with Gasteiger partial charge in [0.1, 0.15) is 17.6 Å². The summed E-state index contributed by atoms with van der Waals surface area (Å²) in [5, 5.41) is 9.82. The molecule has 46 heavy (non-hydrogen) atoms. The molecule has 0 spiro atoms. The third-order valence-electron chi connectivity index (χ3n) is 10.2. The molecule has 1 saturated heterocycles. The Morgan fingerprint density at radius 2 is 1.70 bits per heavy atom. The number of ketones is 1. The van der Waals surface area contributed by atoms with E-state index in [2.05, 4.69) is 20.6 Å². The van der Waals surface area contributed by atoms with Crippen LogP contribution in [0.1, 0.15) is 94.1 Å². The van der Waals surface area contributed by atoms with Gasteiger partial charge in [0.05, 0.1) is 5.69 Å². The first-order valence-electron chi connectivity index (χ1n) is 17.2. The highest BCUT2D eigenvalue weighted by Crippen LogP contribution is 2.34. The maximum atomic E-state index is 15.5. The zero-order valence-corrected chi connectivity index (χ0v) is 27.3. The van der Waals surface area contributed by atoms with E-state index in [0.29, 0.717) is 36.9 Å². The second-order valence-electron chi connectivity index (χ2n) is 13.1. The summed E-state index contributed by atoms with van der Waals surface area (Å²) in [5.41, 5.74) is 1.06. The highest BCUT2D eigenvalue weighted by atomic mass is 19.1. The molecule has 1 aromatic heterocycles. The first-order valence-corrected chi connectivity index (χ1v) is 17.2. The minimum absolute atomic E-state index is 0.0354. The molecule has 2 N–H and O–H groups in total. The van der Waals surface area contributed by atoms with Crippen LogP contribution < -0.4 is 10.6 Å². The normalized spacial score (nSPS) is 19.2. The predicted molar refractivity (Wildman–Crippen MR) is 174 cm³/mol. The van der Waals surface area contributed by atoms with Crippen molar-refractivity contribution in [1.82, 2.24) is 24.9 Å². The maximum Gasteiger partial charge on any atom is 0.245 e. The number of halogens is 1. The van der Waals surface area contributed by atoms with Crippen molar-refractivity contribution in [2.24, 2.45) is 11.8 Å². The smallest absolute Gasteiger partial charge is 0.245 e. The largest absolute Gasteiger partial charge is 0.344 e. The Morgan fingerprint density at radius 3 is 2.33 bits per heavy atom. The number of aromatic nitrogens is 2. The van der Waals surface area contributed by atoms with Crippen LogP contribution in [0.2, 0.25) is 0 Å². The summed E-state index contributed by atoms with van der Waals surface area (Å²) < 4.78 is 17.1. The van der Waals surface area contributed by atoms with Crippen LogP contribution in [0, 0.1) is 17.7 Å². The third kappa shape index (κ3) is 8.21. The fourth-order valence-corrected chi connectivity index (χ4v) is 7.16. The van der Waals surface area contributed by atoms with Gasteiger partial charge in [-0.25, -0.2) is 4.39 Å². The van der Waals surface area contributed by atoms with Gasteiger partial charge in [0.25, 0.3) is 0 Å². The summed E-state index contributed by atoms with van der Waals surface area (Å²) in [5.74, 6) is -2.05. The summed E-state index contributed by atoms with van der Waals surface area (Å²) in [7, 11) is 0. The molecule has 250 valence electrons. The molecule has 2 atom stereocenters. The number of hydrogen-bond donors (Lipinski definition) is 2. The van der Waals surface area contributed by atoms with E-state index in [9.17, 15) is 19.2 Å². The molecular formula is C35H49FN6O4. The number of aryl methyl sites for hydroxylation is 1. The van der Waals surface area contributed by atoms with Crippen LogP contribution in [0.5, 0.6) is 0 Å². The summed E-state index contributed by atoms with van der Waals surface area (Å²) in [6.45, 7) is 7.06. The molecule has 0 bridgehead atoms. The van der Waals surface area contributed by atoms with Crippen LogP contribution in [0.3, 0.4) is 0 Å². The van der Waals surface area contributed by atoms with Crippen molar-refractivity contribution < 1.29 is 23.6 Å². The van der Waals surface area contributed by atoms with E-state index >= 15 is 4.39 Å². The Kier molecular flexibility index (Phi) is 11.6. The van der Waals surface area contributed by atoms with E-state index < -0.39 is 17.8 Å². The number of nitrogens with one attached hydrogen (secondary N) is 2. The topological polar surface area (TPSA) is 117 Å². The van der Waals surface area contributed by atoms with Gasteiger partial charge >= 0.3 is 0 Å². The number of carbonyl (C=O) groups is 4. The monoisotopic (exact) mass is 636 g/mol. The number of hydrogen-bond acceptors (Lipinski definition) is 6. The number of anilines is 1. The highest BCUT2D eigenvalue weighted by Gasteiger charge is 2.34. The molecule has 1 aliphatic heterocycles. The van der Waals surface area contributed by atoms with Crippen molar-refractivity contribution in [2.45, 2.75) is 103 Å². The molecule has 5 rings (SSSR count). The zero-order chi connectivity index (χ0) is 32.6. The molecule has 11 heteroatoms. The van der Waals surface area contributed by atoms with E-state index in [-0.39, 0.29) is 54.4 Å². The lowest BCUT2D eigenvalue weighted by Crippen LogP contribution is -2.57. The van der Waals surface area contributed by atoms with Gasteiger partial charge in [-0.3, -0.25) is 28.8 Å². The SMILES string of the molecule is CCC(=O)N[C@H](Cc1ccc(NC(=O)[C@@H](CC(=O)c2ccnn2CC)C2CCCCC2)c(F)c1)C(=O)N1CCN(C2CCC2)CC1. The van der Waals surface area contributed by atoms with Gasteiger partial charge < -0.3 is 15.5 Å². The van der Waals surface area contributed by atoms with Crippen molar-refractivity contribution in [3.05, 3.63) is 47.5 Å². The van der Waals surface area contributed by atoms with Crippen molar-refractivity contribution >= 4 is 29.2 Å². The highest BCUT2D eigenvalue weighted by molar-refractivity contribution is 6.00. The lowest BCUT2D eigenvalue weighted by molar-refractivity contribution is -0.138. The van der Waals surface area contributed by atoms with Gasteiger partial charge in [-0.15, -0.1) is 0 Å². The maximum absolute atomic E-state index is 15.5. The second-order valence-corrected chi connectivity index (χ2v) is 13.1. The summed E-state index contributed by atoms with van der Waals surface area (Å²) >= 11 is 0. The third-order valence-corrected chi connectivity index (χ3v) is 10.2. The van der Waals surface area contributed by atoms with Crippen LogP contribution in [0.25, 0.3) is 0 Å². The summed E-state index contributed by atoms with van der Waals surface area (Å²) in [6.07, 6.45) is 10.5. The van der Waals surface area contributed by atoms with Crippen LogP contribution in [-0.2, 0) is 27.3 Å². The average molecular weight is 637 g/mol. The van der Waals surface area contributed by atoms with Gasteiger partial charge in [0.15, 0.2) is 5.78 Å². The fourth-order valence-electron chi connectivity index (χ4n) is 7.16.